The first kappa shape index (κ1) is 13.3. The first-order chi connectivity index (χ1) is 10.1. The molecule has 0 spiro atoms. The highest BCUT2D eigenvalue weighted by molar-refractivity contribution is 5.94. The molecule has 0 saturated heterocycles. The third-order valence-corrected chi connectivity index (χ3v) is 3.81. The first-order valence-electron chi connectivity index (χ1n) is 6.61. The average molecular weight is 283 g/mol. The fourth-order valence-electron chi connectivity index (χ4n) is 2.88. The van der Waals surface area contributed by atoms with Gasteiger partial charge in [0.2, 0.25) is 6.04 Å². The number of ether oxygens (including phenoxy) is 1. The minimum Gasteiger partial charge on any atom is -0.448 e. The van der Waals surface area contributed by atoms with Crippen LogP contribution in [-0.2, 0) is 4.74 Å². The summed E-state index contributed by atoms with van der Waals surface area (Å²) in [5.41, 5.74) is 3.31. The minimum absolute atomic E-state index is 0.0111. The Morgan fingerprint density at radius 2 is 1.81 bits per heavy atom. The summed E-state index contributed by atoms with van der Waals surface area (Å²) in [4.78, 5) is 10.4. The molecular weight excluding hydrogens is 268 g/mol. The zero-order valence-corrected chi connectivity index (χ0v) is 11.8. The van der Waals surface area contributed by atoms with Gasteiger partial charge in [0.1, 0.15) is 7.05 Å². The number of hydrogen-bond donors (Lipinski definition) is 0. The molecule has 21 heavy (non-hydrogen) atoms. The second-order valence-electron chi connectivity index (χ2n) is 4.96. The molecule has 0 fully saturated rings. The number of non-ortho nitro benzene ring substituents is 1. The van der Waals surface area contributed by atoms with Gasteiger partial charge in [0.15, 0.2) is 0 Å². The summed E-state index contributed by atoms with van der Waals surface area (Å²) in [6, 6.07) is 14.7. The topological polar surface area (TPSA) is 55.4 Å². The van der Waals surface area contributed by atoms with E-state index in [0.717, 1.165) is 22.6 Å². The summed E-state index contributed by atoms with van der Waals surface area (Å²) >= 11 is 0. The number of fused-ring (bicyclic) bond motifs is 1. The molecule has 3 rings (SSSR count). The van der Waals surface area contributed by atoms with Gasteiger partial charge in [0.25, 0.3) is 5.69 Å². The van der Waals surface area contributed by atoms with Gasteiger partial charge < -0.3 is 4.74 Å². The molecule has 0 saturated carbocycles. The molecular formula is C16H15N2O3+. The summed E-state index contributed by atoms with van der Waals surface area (Å²) in [5.74, 6) is 0.814. The number of nitro benzene ring substituents is 1. The highest BCUT2D eigenvalue weighted by Gasteiger charge is 2.38. The molecule has 0 radical (unpaired) electrons. The van der Waals surface area contributed by atoms with Gasteiger partial charge in [-0.05, 0) is 18.2 Å². The van der Waals surface area contributed by atoms with Crippen molar-refractivity contribution in [3.05, 3.63) is 75.3 Å². The Kier molecular flexibility index (Phi) is 3.17. The predicted molar refractivity (Wildman–Crippen MR) is 78.7 cm³/mol. The molecule has 2 aromatic rings. The maximum absolute atomic E-state index is 10.8. The van der Waals surface area contributed by atoms with Crippen molar-refractivity contribution in [2.45, 2.75) is 6.04 Å². The summed E-state index contributed by atoms with van der Waals surface area (Å²) in [5, 5.41) is 10.8. The van der Waals surface area contributed by atoms with Gasteiger partial charge in [0.05, 0.1) is 17.6 Å². The van der Waals surface area contributed by atoms with Crippen LogP contribution in [0.2, 0.25) is 0 Å². The van der Waals surface area contributed by atoms with Crippen molar-refractivity contribution in [2.24, 2.45) is 0 Å². The minimum atomic E-state index is -0.386. The van der Waals surface area contributed by atoms with Gasteiger partial charge in [-0.15, -0.1) is 0 Å². The Labute approximate surface area is 122 Å². The second kappa shape index (κ2) is 5.01. The SMILES string of the molecule is COC1=[N+](C)C(c2ccc([N+](=O)[O-])cc2)c2ccccc21. The van der Waals surface area contributed by atoms with Crippen molar-refractivity contribution in [1.29, 1.82) is 0 Å². The Morgan fingerprint density at radius 3 is 2.43 bits per heavy atom. The maximum Gasteiger partial charge on any atom is 0.370 e. The van der Waals surface area contributed by atoms with E-state index in [1.54, 1.807) is 19.2 Å². The van der Waals surface area contributed by atoms with Crippen LogP contribution in [0.15, 0.2) is 48.5 Å². The van der Waals surface area contributed by atoms with E-state index in [0.29, 0.717) is 0 Å². The molecule has 0 aliphatic carbocycles. The van der Waals surface area contributed by atoms with Crippen LogP contribution in [-0.4, -0.2) is 29.6 Å². The molecule has 106 valence electrons. The monoisotopic (exact) mass is 283 g/mol. The Hall–Kier alpha value is -2.69. The van der Waals surface area contributed by atoms with Gasteiger partial charge >= 0.3 is 5.90 Å². The van der Waals surface area contributed by atoms with Crippen LogP contribution in [0, 0.1) is 10.1 Å². The third-order valence-electron chi connectivity index (χ3n) is 3.81. The van der Waals surface area contributed by atoms with Crippen LogP contribution in [0.4, 0.5) is 5.69 Å². The lowest BCUT2D eigenvalue weighted by Crippen LogP contribution is -2.17. The molecule has 2 aromatic carbocycles. The molecule has 1 aliphatic heterocycles. The van der Waals surface area contributed by atoms with E-state index in [9.17, 15) is 10.1 Å². The number of hydrogen-bond acceptors (Lipinski definition) is 3. The molecule has 5 nitrogen and oxygen atoms in total. The Balaban J connectivity index is 2.10. The van der Waals surface area contributed by atoms with E-state index in [1.807, 2.05) is 29.8 Å². The van der Waals surface area contributed by atoms with E-state index in [2.05, 4.69) is 6.07 Å². The van der Waals surface area contributed by atoms with Crippen LogP contribution in [0.25, 0.3) is 0 Å². The van der Waals surface area contributed by atoms with Crippen LogP contribution in [0.1, 0.15) is 22.7 Å². The van der Waals surface area contributed by atoms with E-state index < -0.39 is 0 Å². The predicted octanol–water partition coefficient (Wildman–Crippen LogP) is 2.73. The number of nitro groups is 1. The first-order valence-corrected chi connectivity index (χ1v) is 6.61. The van der Waals surface area contributed by atoms with Crippen molar-refractivity contribution in [1.82, 2.24) is 0 Å². The highest BCUT2D eigenvalue weighted by Crippen LogP contribution is 2.34. The molecule has 1 atom stereocenters. The van der Waals surface area contributed by atoms with E-state index >= 15 is 0 Å². The van der Waals surface area contributed by atoms with Crippen LogP contribution in [0.5, 0.6) is 0 Å². The zero-order chi connectivity index (χ0) is 15.0. The molecule has 5 heteroatoms. The molecule has 1 aliphatic rings. The molecule has 0 N–H and O–H groups in total. The lowest BCUT2D eigenvalue weighted by Gasteiger charge is -2.09. The lowest BCUT2D eigenvalue weighted by molar-refractivity contribution is -0.535. The fourth-order valence-corrected chi connectivity index (χ4v) is 2.88. The molecule has 0 amide bonds. The van der Waals surface area contributed by atoms with Crippen LogP contribution in [0.3, 0.4) is 0 Å². The molecule has 1 heterocycles. The molecule has 1 unspecified atom stereocenters. The van der Waals surface area contributed by atoms with E-state index in [1.165, 1.54) is 12.1 Å². The third kappa shape index (κ3) is 2.07. The summed E-state index contributed by atoms with van der Waals surface area (Å²) in [6.07, 6.45) is 0. The number of nitrogens with zero attached hydrogens (tertiary/aromatic N) is 2. The van der Waals surface area contributed by atoms with Crippen molar-refractivity contribution >= 4 is 11.6 Å². The highest BCUT2D eigenvalue weighted by atomic mass is 16.6. The summed E-state index contributed by atoms with van der Waals surface area (Å²) in [7, 11) is 3.62. The van der Waals surface area contributed by atoms with Gasteiger partial charge in [-0.1, -0.05) is 18.2 Å². The van der Waals surface area contributed by atoms with Gasteiger partial charge in [-0.2, -0.15) is 4.58 Å². The maximum atomic E-state index is 10.8. The van der Waals surface area contributed by atoms with E-state index in [4.69, 9.17) is 4.74 Å². The van der Waals surface area contributed by atoms with Gasteiger partial charge in [-0.25, -0.2) is 0 Å². The van der Waals surface area contributed by atoms with Gasteiger partial charge in [0, 0.05) is 23.3 Å². The molecule has 0 aromatic heterocycles. The van der Waals surface area contributed by atoms with Crippen molar-refractivity contribution in [3.63, 3.8) is 0 Å². The number of rotatable bonds is 2. The van der Waals surface area contributed by atoms with Gasteiger partial charge in [-0.3, -0.25) is 10.1 Å². The molecule has 0 bridgehead atoms. The van der Waals surface area contributed by atoms with Crippen molar-refractivity contribution in [3.8, 4) is 0 Å². The Bertz CT molecular complexity index is 735. The van der Waals surface area contributed by atoms with Crippen LogP contribution < -0.4 is 0 Å². The Morgan fingerprint density at radius 1 is 1.14 bits per heavy atom. The summed E-state index contributed by atoms with van der Waals surface area (Å²) < 4.78 is 7.55. The lowest BCUT2D eigenvalue weighted by atomic mass is 9.97. The summed E-state index contributed by atoms with van der Waals surface area (Å²) in [6.45, 7) is 0. The largest absolute Gasteiger partial charge is 0.448 e. The smallest absolute Gasteiger partial charge is 0.370 e. The zero-order valence-electron chi connectivity index (χ0n) is 11.8. The van der Waals surface area contributed by atoms with Crippen molar-refractivity contribution in [2.75, 3.05) is 14.2 Å². The average Bonchev–Trinajstić information content (AvgIpc) is 2.78. The fraction of sp³-hybridized carbons (Fsp3) is 0.188. The second-order valence-corrected chi connectivity index (χ2v) is 4.96. The van der Waals surface area contributed by atoms with E-state index in [-0.39, 0.29) is 16.7 Å². The van der Waals surface area contributed by atoms with Crippen LogP contribution >= 0.6 is 0 Å². The quantitative estimate of drug-likeness (QED) is 0.484. The normalized spacial score (nSPS) is 16.8. The number of benzene rings is 2. The standard InChI is InChI=1S/C16H15N2O3/c1-17-15(11-7-9-12(10-8-11)18(19)20)13-5-3-4-6-14(13)16(17)21-2/h3-10,15H,1-2H3/q+1. The van der Waals surface area contributed by atoms with Crippen molar-refractivity contribution < 1.29 is 14.2 Å². The number of methoxy groups -OCH3 is 1.